The summed E-state index contributed by atoms with van der Waals surface area (Å²) in [6.07, 6.45) is -0.598. The number of aromatic nitrogens is 4. The van der Waals surface area contributed by atoms with E-state index in [1.807, 2.05) is 51.1 Å². The van der Waals surface area contributed by atoms with Crippen molar-refractivity contribution in [1.82, 2.24) is 19.6 Å². The average molecular weight is 344 g/mol. The van der Waals surface area contributed by atoms with Crippen LogP contribution in [0, 0.1) is 20.8 Å². The summed E-state index contributed by atoms with van der Waals surface area (Å²) in [5.74, 6) is 1.80. The van der Waals surface area contributed by atoms with Gasteiger partial charge in [0.2, 0.25) is 5.16 Å². The molecule has 0 saturated heterocycles. The van der Waals surface area contributed by atoms with E-state index in [0.29, 0.717) is 16.7 Å². The van der Waals surface area contributed by atoms with Crippen molar-refractivity contribution in [3.05, 3.63) is 47.3 Å². The predicted octanol–water partition coefficient (Wildman–Crippen LogP) is 2.58. The fourth-order valence-electron chi connectivity index (χ4n) is 2.25. The highest BCUT2D eigenvalue weighted by Crippen LogP contribution is 2.17. The van der Waals surface area contributed by atoms with E-state index in [0.717, 1.165) is 17.1 Å². The zero-order valence-electron chi connectivity index (χ0n) is 13.9. The molecule has 0 aliphatic carbocycles. The molecule has 24 heavy (non-hydrogen) atoms. The van der Waals surface area contributed by atoms with Gasteiger partial charge in [0.15, 0.2) is 0 Å². The molecule has 0 aliphatic heterocycles. The summed E-state index contributed by atoms with van der Waals surface area (Å²) in [5.41, 5.74) is 3.08. The smallest absolute Gasteiger partial charge is 0.253 e. The van der Waals surface area contributed by atoms with Crippen LogP contribution in [0.3, 0.4) is 0 Å². The molecule has 2 aromatic heterocycles. The number of nitrogens with zero attached hydrogens (tertiary/aromatic N) is 4. The Morgan fingerprint density at radius 1 is 1.17 bits per heavy atom. The highest BCUT2D eigenvalue weighted by atomic mass is 32.2. The van der Waals surface area contributed by atoms with E-state index in [9.17, 15) is 5.11 Å². The van der Waals surface area contributed by atoms with Crippen molar-refractivity contribution in [3.8, 4) is 5.75 Å². The Bertz CT molecular complexity index is 832. The molecular weight excluding hydrogens is 324 g/mol. The monoisotopic (exact) mass is 344 g/mol. The van der Waals surface area contributed by atoms with Gasteiger partial charge in [0, 0.05) is 17.1 Å². The Morgan fingerprint density at radius 3 is 2.67 bits per heavy atom. The maximum absolute atomic E-state index is 10.1. The van der Waals surface area contributed by atoms with Crippen LogP contribution >= 0.6 is 11.8 Å². The fraction of sp³-hybridized carbons (Fsp3) is 0.353. The molecule has 0 fully saturated rings. The van der Waals surface area contributed by atoms with Gasteiger partial charge in [0.25, 0.3) is 5.78 Å². The second-order valence-electron chi connectivity index (χ2n) is 5.73. The van der Waals surface area contributed by atoms with Crippen molar-refractivity contribution in [2.24, 2.45) is 0 Å². The summed E-state index contributed by atoms with van der Waals surface area (Å²) in [4.78, 5) is 8.74. The number of thioether (sulfide) groups is 1. The Kier molecular flexibility index (Phi) is 5.01. The number of ether oxygens (including phenoxy) is 1. The number of fused-ring (bicyclic) bond motifs is 1. The van der Waals surface area contributed by atoms with Crippen molar-refractivity contribution in [2.75, 3.05) is 12.4 Å². The lowest BCUT2D eigenvalue weighted by atomic mass is 10.2. The summed E-state index contributed by atoms with van der Waals surface area (Å²) >= 11 is 1.39. The molecule has 1 atom stereocenters. The molecule has 6 nitrogen and oxygen atoms in total. The van der Waals surface area contributed by atoms with Crippen LogP contribution in [0.2, 0.25) is 0 Å². The van der Waals surface area contributed by atoms with E-state index in [4.69, 9.17) is 4.74 Å². The van der Waals surface area contributed by atoms with E-state index in [1.54, 1.807) is 4.52 Å². The number of hydrogen-bond acceptors (Lipinski definition) is 6. The predicted molar refractivity (Wildman–Crippen MR) is 93.7 cm³/mol. The molecule has 0 bridgehead atoms. The van der Waals surface area contributed by atoms with E-state index < -0.39 is 6.10 Å². The fourth-order valence-corrected chi connectivity index (χ4v) is 2.98. The zero-order chi connectivity index (χ0) is 17.1. The van der Waals surface area contributed by atoms with Crippen LogP contribution in [-0.4, -0.2) is 43.2 Å². The lowest BCUT2D eigenvalue weighted by molar-refractivity contribution is 0.126. The molecule has 7 heteroatoms. The largest absolute Gasteiger partial charge is 0.491 e. The van der Waals surface area contributed by atoms with Crippen molar-refractivity contribution < 1.29 is 9.84 Å². The molecule has 0 amide bonds. The van der Waals surface area contributed by atoms with Crippen LogP contribution < -0.4 is 4.74 Å². The molecule has 0 unspecified atom stereocenters. The van der Waals surface area contributed by atoms with Crippen molar-refractivity contribution >= 4 is 17.5 Å². The first-order valence-electron chi connectivity index (χ1n) is 7.72. The number of aliphatic hydroxyl groups excluding tert-OH is 1. The number of benzene rings is 1. The summed E-state index contributed by atoms with van der Waals surface area (Å²) in [6.45, 7) is 6.16. The molecule has 0 aliphatic rings. The zero-order valence-corrected chi connectivity index (χ0v) is 14.7. The Labute approximate surface area is 144 Å². The van der Waals surface area contributed by atoms with E-state index in [1.165, 1.54) is 17.3 Å². The first kappa shape index (κ1) is 16.7. The van der Waals surface area contributed by atoms with Gasteiger partial charge in [0.1, 0.15) is 12.4 Å². The summed E-state index contributed by atoms with van der Waals surface area (Å²) < 4.78 is 7.30. The van der Waals surface area contributed by atoms with Gasteiger partial charge in [-0.2, -0.15) is 4.98 Å². The molecule has 0 saturated carbocycles. The third kappa shape index (κ3) is 4.04. The van der Waals surface area contributed by atoms with Gasteiger partial charge in [-0.05, 0) is 39.0 Å². The van der Waals surface area contributed by atoms with Crippen molar-refractivity contribution in [3.63, 3.8) is 0 Å². The Balaban J connectivity index is 1.55. The molecule has 3 aromatic rings. The third-order valence-corrected chi connectivity index (χ3v) is 4.45. The van der Waals surface area contributed by atoms with E-state index >= 15 is 0 Å². The van der Waals surface area contributed by atoms with Crippen LogP contribution in [0.25, 0.3) is 5.78 Å². The van der Waals surface area contributed by atoms with Crippen LogP contribution in [0.15, 0.2) is 35.5 Å². The van der Waals surface area contributed by atoms with Gasteiger partial charge >= 0.3 is 0 Å². The first-order chi connectivity index (χ1) is 11.5. The van der Waals surface area contributed by atoms with Crippen LogP contribution in [0.5, 0.6) is 5.75 Å². The topological polar surface area (TPSA) is 72.5 Å². The minimum atomic E-state index is -0.598. The van der Waals surface area contributed by atoms with E-state index in [2.05, 4.69) is 15.1 Å². The second-order valence-corrected chi connectivity index (χ2v) is 6.72. The standard InChI is InChI=1S/C17H20N4O2S/c1-11-4-6-15(7-5-11)23-9-14(22)10-24-17-19-16-18-12(2)8-13(3)21(16)20-17/h4-8,14,22H,9-10H2,1-3H3/t14-/m0/s1. The van der Waals surface area contributed by atoms with Crippen LogP contribution in [0.1, 0.15) is 17.0 Å². The lowest BCUT2D eigenvalue weighted by Gasteiger charge is -2.11. The van der Waals surface area contributed by atoms with Gasteiger partial charge in [-0.25, -0.2) is 9.50 Å². The van der Waals surface area contributed by atoms with E-state index in [-0.39, 0.29) is 6.61 Å². The van der Waals surface area contributed by atoms with Gasteiger partial charge in [0.05, 0.1) is 6.10 Å². The lowest BCUT2D eigenvalue weighted by Crippen LogP contribution is -2.20. The number of hydrogen-bond donors (Lipinski definition) is 1. The molecule has 126 valence electrons. The highest BCUT2D eigenvalue weighted by Gasteiger charge is 2.12. The molecular formula is C17H20N4O2S. The highest BCUT2D eigenvalue weighted by molar-refractivity contribution is 7.99. The van der Waals surface area contributed by atoms with Crippen LogP contribution in [-0.2, 0) is 0 Å². The van der Waals surface area contributed by atoms with Crippen molar-refractivity contribution in [1.29, 1.82) is 0 Å². The molecule has 2 heterocycles. The molecule has 3 rings (SSSR count). The molecule has 0 radical (unpaired) electrons. The van der Waals surface area contributed by atoms with Gasteiger partial charge in [-0.15, -0.1) is 5.10 Å². The Hall–Kier alpha value is -2.12. The molecule has 0 spiro atoms. The average Bonchev–Trinajstić information content (AvgIpc) is 2.95. The first-order valence-corrected chi connectivity index (χ1v) is 8.71. The quantitative estimate of drug-likeness (QED) is 0.693. The summed E-state index contributed by atoms with van der Waals surface area (Å²) in [5, 5.41) is 15.1. The maximum Gasteiger partial charge on any atom is 0.253 e. The van der Waals surface area contributed by atoms with Gasteiger partial charge in [-0.3, -0.25) is 0 Å². The van der Waals surface area contributed by atoms with Crippen LogP contribution in [0.4, 0.5) is 0 Å². The van der Waals surface area contributed by atoms with Crippen molar-refractivity contribution in [2.45, 2.75) is 32.0 Å². The minimum absolute atomic E-state index is 0.236. The summed E-state index contributed by atoms with van der Waals surface area (Å²) in [6, 6.07) is 9.72. The number of aryl methyl sites for hydroxylation is 3. The third-order valence-electron chi connectivity index (χ3n) is 3.47. The normalized spacial score (nSPS) is 12.5. The van der Waals surface area contributed by atoms with Gasteiger partial charge < -0.3 is 9.84 Å². The summed E-state index contributed by atoms with van der Waals surface area (Å²) in [7, 11) is 0. The number of rotatable bonds is 6. The maximum atomic E-state index is 10.1. The molecule has 1 aromatic carbocycles. The molecule has 1 N–H and O–H groups in total. The number of aliphatic hydroxyl groups is 1. The SMILES string of the molecule is Cc1ccc(OC[C@H](O)CSc2nc3nc(C)cc(C)n3n2)cc1. The minimum Gasteiger partial charge on any atom is -0.491 e. The second kappa shape index (κ2) is 7.19. The van der Waals surface area contributed by atoms with Gasteiger partial charge in [-0.1, -0.05) is 29.5 Å². The Morgan fingerprint density at radius 2 is 1.92 bits per heavy atom.